The summed E-state index contributed by atoms with van der Waals surface area (Å²) in [5.41, 5.74) is 0.550. The monoisotopic (exact) mass is 273 g/mol. The van der Waals surface area contributed by atoms with Gasteiger partial charge < -0.3 is 10.0 Å². The third-order valence-electron chi connectivity index (χ3n) is 3.50. The third-order valence-corrected chi connectivity index (χ3v) is 3.50. The van der Waals surface area contributed by atoms with E-state index in [2.05, 4.69) is 0 Å². The predicted molar refractivity (Wildman–Crippen MR) is 62.6 cm³/mol. The topological polar surface area (TPSA) is 40.5 Å². The molecule has 1 aliphatic heterocycles. The number of amides is 1. The molecule has 6 heteroatoms. The zero-order valence-electron chi connectivity index (χ0n) is 10.1. The van der Waals surface area contributed by atoms with Crippen LogP contribution in [-0.4, -0.2) is 29.1 Å². The van der Waals surface area contributed by atoms with E-state index >= 15 is 0 Å². The minimum atomic E-state index is -2.46. The van der Waals surface area contributed by atoms with Gasteiger partial charge in [0.15, 0.2) is 0 Å². The number of halogens is 3. The lowest BCUT2D eigenvalue weighted by atomic mass is 9.87. The smallest absolute Gasteiger partial charge is 0.407 e. The summed E-state index contributed by atoms with van der Waals surface area (Å²) < 4.78 is 38.4. The first-order valence-electron chi connectivity index (χ1n) is 6.02. The van der Waals surface area contributed by atoms with Gasteiger partial charge in [-0.15, -0.1) is 0 Å². The molecule has 0 radical (unpaired) electrons. The van der Waals surface area contributed by atoms with Crippen LogP contribution in [-0.2, 0) is 0 Å². The van der Waals surface area contributed by atoms with Crippen molar-refractivity contribution in [3.05, 3.63) is 35.6 Å². The van der Waals surface area contributed by atoms with Crippen molar-refractivity contribution in [2.24, 2.45) is 5.92 Å². The lowest BCUT2D eigenvalue weighted by molar-refractivity contribution is 0.0135. The molecule has 1 N–H and O–H groups in total. The summed E-state index contributed by atoms with van der Waals surface area (Å²) >= 11 is 0. The summed E-state index contributed by atoms with van der Waals surface area (Å²) in [6.45, 7) is 0.0758. The molecule has 3 nitrogen and oxygen atoms in total. The second-order valence-corrected chi connectivity index (χ2v) is 4.66. The zero-order valence-corrected chi connectivity index (χ0v) is 10.1. The van der Waals surface area contributed by atoms with E-state index in [1.165, 1.54) is 24.3 Å². The van der Waals surface area contributed by atoms with Crippen LogP contribution in [0.1, 0.15) is 24.4 Å². The summed E-state index contributed by atoms with van der Waals surface area (Å²) in [4.78, 5) is 12.3. The normalized spacial score (nSPS) is 23.7. The van der Waals surface area contributed by atoms with Crippen molar-refractivity contribution in [3.63, 3.8) is 0 Å². The number of piperidine rings is 1. The summed E-state index contributed by atoms with van der Waals surface area (Å²) in [6, 6.07) is 4.68. The van der Waals surface area contributed by atoms with Crippen LogP contribution in [0.15, 0.2) is 24.3 Å². The Kier molecular flexibility index (Phi) is 3.97. The average molecular weight is 273 g/mol. The summed E-state index contributed by atoms with van der Waals surface area (Å²) in [7, 11) is 0. The Morgan fingerprint density at radius 2 is 1.95 bits per heavy atom. The van der Waals surface area contributed by atoms with Crippen LogP contribution in [0.25, 0.3) is 0 Å². The predicted octanol–water partition coefficient (Wildman–Crippen LogP) is 3.52. The fraction of sp³-hybridized carbons (Fsp3) is 0.462. The number of carboxylic acid groups (broad SMARTS) is 1. The van der Waals surface area contributed by atoms with Crippen molar-refractivity contribution < 1.29 is 23.1 Å². The standard InChI is InChI=1S/C13H14F3NO2/c14-10-3-1-8(2-4-10)11-7-9(12(15)16)5-6-17(11)13(18)19/h1-4,9,11-12H,5-7H2,(H,18,19). The van der Waals surface area contributed by atoms with Crippen molar-refractivity contribution in [2.75, 3.05) is 6.54 Å². The first-order chi connectivity index (χ1) is 8.99. The van der Waals surface area contributed by atoms with Crippen LogP contribution >= 0.6 is 0 Å². The molecule has 2 atom stereocenters. The minimum absolute atomic E-state index is 0.0651. The molecule has 0 aliphatic carbocycles. The van der Waals surface area contributed by atoms with E-state index in [1.54, 1.807) is 0 Å². The number of carbonyl (C=O) groups is 1. The van der Waals surface area contributed by atoms with Gasteiger partial charge >= 0.3 is 6.09 Å². The molecule has 19 heavy (non-hydrogen) atoms. The van der Waals surface area contributed by atoms with Gasteiger partial charge in [-0.1, -0.05) is 12.1 Å². The van der Waals surface area contributed by atoms with Gasteiger partial charge in [-0.3, -0.25) is 0 Å². The van der Waals surface area contributed by atoms with E-state index in [-0.39, 0.29) is 19.4 Å². The molecule has 1 heterocycles. The van der Waals surface area contributed by atoms with E-state index in [0.717, 1.165) is 4.90 Å². The van der Waals surface area contributed by atoms with E-state index in [4.69, 9.17) is 5.11 Å². The van der Waals surface area contributed by atoms with Crippen LogP contribution in [0.3, 0.4) is 0 Å². The van der Waals surface area contributed by atoms with E-state index in [0.29, 0.717) is 5.56 Å². The van der Waals surface area contributed by atoms with Gasteiger partial charge in [0.25, 0.3) is 0 Å². The molecular formula is C13H14F3NO2. The second-order valence-electron chi connectivity index (χ2n) is 4.66. The molecule has 1 saturated heterocycles. The number of benzene rings is 1. The van der Waals surface area contributed by atoms with Gasteiger partial charge in [0.1, 0.15) is 5.82 Å². The largest absolute Gasteiger partial charge is 0.465 e. The minimum Gasteiger partial charge on any atom is -0.465 e. The Labute approximate surface area is 108 Å². The van der Waals surface area contributed by atoms with Gasteiger partial charge in [-0.25, -0.2) is 18.0 Å². The summed E-state index contributed by atoms with van der Waals surface area (Å²) in [5.74, 6) is -1.25. The molecule has 1 aromatic carbocycles. The third kappa shape index (κ3) is 3.00. The first kappa shape index (κ1) is 13.7. The van der Waals surface area contributed by atoms with Gasteiger partial charge in [0.05, 0.1) is 6.04 Å². The SMILES string of the molecule is O=C(O)N1CCC(C(F)F)CC1c1ccc(F)cc1. The maximum atomic E-state index is 12.9. The van der Waals surface area contributed by atoms with Gasteiger partial charge in [0.2, 0.25) is 6.43 Å². The van der Waals surface area contributed by atoms with E-state index in [1.807, 2.05) is 0 Å². The van der Waals surface area contributed by atoms with Crippen molar-refractivity contribution >= 4 is 6.09 Å². The second kappa shape index (κ2) is 5.50. The highest BCUT2D eigenvalue weighted by molar-refractivity contribution is 5.66. The maximum absolute atomic E-state index is 12.9. The van der Waals surface area contributed by atoms with Crippen molar-refractivity contribution in [3.8, 4) is 0 Å². The number of alkyl halides is 2. The molecule has 2 unspecified atom stereocenters. The summed E-state index contributed by atoms with van der Waals surface area (Å²) in [6.07, 6.45) is -3.38. The Morgan fingerprint density at radius 1 is 1.32 bits per heavy atom. The fourth-order valence-electron chi connectivity index (χ4n) is 2.45. The van der Waals surface area contributed by atoms with Gasteiger partial charge in [0, 0.05) is 12.5 Å². The lowest BCUT2D eigenvalue weighted by Crippen LogP contribution is -2.41. The number of rotatable bonds is 2. The molecule has 2 rings (SSSR count). The van der Waals surface area contributed by atoms with Gasteiger partial charge in [-0.2, -0.15) is 0 Å². The highest BCUT2D eigenvalue weighted by Crippen LogP contribution is 2.36. The lowest BCUT2D eigenvalue weighted by Gasteiger charge is -2.37. The van der Waals surface area contributed by atoms with Crippen molar-refractivity contribution in [1.82, 2.24) is 4.90 Å². The van der Waals surface area contributed by atoms with Crippen LogP contribution < -0.4 is 0 Å². The molecule has 1 aromatic rings. The Balaban J connectivity index is 2.25. The highest BCUT2D eigenvalue weighted by atomic mass is 19.3. The molecule has 0 aromatic heterocycles. The van der Waals surface area contributed by atoms with Crippen LogP contribution in [0.2, 0.25) is 0 Å². The molecule has 1 aliphatic rings. The maximum Gasteiger partial charge on any atom is 0.407 e. The first-order valence-corrected chi connectivity index (χ1v) is 6.02. The van der Waals surface area contributed by atoms with Crippen LogP contribution in [0, 0.1) is 11.7 Å². The van der Waals surface area contributed by atoms with E-state index < -0.39 is 30.3 Å². The molecular weight excluding hydrogens is 259 g/mol. The number of hydrogen-bond acceptors (Lipinski definition) is 1. The molecule has 0 bridgehead atoms. The number of nitrogens with zero attached hydrogens (tertiary/aromatic N) is 1. The molecule has 0 spiro atoms. The van der Waals surface area contributed by atoms with Crippen LogP contribution in [0.5, 0.6) is 0 Å². The Morgan fingerprint density at radius 3 is 2.47 bits per heavy atom. The quantitative estimate of drug-likeness (QED) is 0.895. The number of hydrogen-bond donors (Lipinski definition) is 1. The molecule has 0 saturated carbocycles. The van der Waals surface area contributed by atoms with Crippen LogP contribution in [0.4, 0.5) is 18.0 Å². The molecule has 1 fully saturated rings. The van der Waals surface area contributed by atoms with Gasteiger partial charge in [-0.05, 0) is 30.5 Å². The Bertz CT molecular complexity index is 450. The Hall–Kier alpha value is -1.72. The fourth-order valence-corrected chi connectivity index (χ4v) is 2.45. The average Bonchev–Trinajstić information content (AvgIpc) is 2.38. The van der Waals surface area contributed by atoms with E-state index in [9.17, 15) is 18.0 Å². The summed E-state index contributed by atoms with van der Waals surface area (Å²) in [5, 5.41) is 9.11. The van der Waals surface area contributed by atoms with Crippen molar-refractivity contribution in [2.45, 2.75) is 25.3 Å². The van der Waals surface area contributed by atoms with Crippen molar-refractivity contribution in [1.29, 1.82) is 0 Å². The number of likely N-dealkylation sites (tertiary alicyclic amines) is 1. The zero-order chi connectivity index (χ0) is 14.0. The molecule has 104 valence electrons. The molecule has 1 amide bonds. The highest BCUT2D eigenvalue weighted by Gasteiger charge is 2.36.